The third-order valence-electron chi connectivity index (χ3n) is 3.91. The lowest BCUT2D eigenvalue weighted by atomic mass is 9.97. The Balaban J connectivity index is 2.01. The van der Waals surface area contributed by atoms with E-state index in [2.05, 4.69) is 5.32 Å². The minimum absolute atomic E-state index is 0.187. The fraction of sp³-hybridized carbons (Fsp3) is 0.500. The molecule has 1 saturated carbocycles. The van der Waals surface area contributed by atoms with Gasteiger partial charge in [0.2, 0.25) is 5.91 Å². The summed E-state index contributed by atoms with van der Waals surface area (Å²) >= 11 is 0. The summed E-state index contributed by atoms with van der Waals surface area (Å²) in [5.41, 5.74) is 0.790. The molecule has 0 atom stereocenters. The van der Waals surface area contributed by atoms with Gasteiger partial charge in [-0.25, -0.2) is 4.79 Å². The number of amides is 1. The van der Waals surface area contributed by atoms with E-state index in [0.29, 0.717) is 19.4 Å². The second kappa shape index (κ2) is 6.72. The zero-order valence-corrected chi connectivity index (χ0v) is 12.2. The molecule has 1 amide bonds. The van der Waals surface area contributed by atoms with Crippen molar-refractivity contribution < 1.29 is 19.4 Å². The Kier molecular flexibility index (Phi) is 4.96. The lowest BCUT2D eigenvalue weighted by molar-refractivity contribution is -0.147. The number of rotatable bonds is 6. The molecule has 1 aliphatic rings. The van der Waals surface area contributed by atoms with E-state index in [4.69, 9.17) is 4.74 Å². The second-order valence-electron chi connectivity index (χ2n) is 5.57. The number of carbonyl (C=O) groups excluding carboxylic acids is 1. The van der Waals surface area contributed by atoms with E-state index in [0.717, 1.165) is 24.0 Å². The normalized spacial score (nSPS) is 16.6. The van der Waals surface area contributed by atoms with Gasteiger partial charge in [-0.05, 0) is 24.0 Å². The number of nitrogens with one attached hydrogen (secondary N) is 1. The monoisotopic (exact) mass is 291 g/mol. The van der Waals surface area contributed by atoms with Crippen LogP contribution in [-0.2, 0) is 27.4 Å². The highest BCUT2D eigenvalue weighted by Gasteiger charge is 2.42. The molecule has 1 fully saturated rings. The molecule has 0 spiro atoms. The lowest BCUT2D eigenvalue weighted by Gasteiger charge is -2.25. The van der Waals surface area contributed by atoms with Crippen molar-refractivity contribution in [1.82, 2.24) is 5.32 Å². The predicted molar refractivity (Wildman–Crippen MR) is 77.8 cm³/mol. The van der Waals surface area contributed by atoms with Crippen molar-refractivity contribution in [2.45, 2.75) is 44.2 Å². The van der Waals surface area contributed by atoms with Gasteiger partial charge in [-0.3, -0.25) is 4.79 Å². The number of hydrogen-bond acceptors (Lipinski definition) is 3. The van der Waals surface area contributed by atoms with Crippen molar-refractivity contribution in [1.29, 1.82) is 0 Å². The van der Waals surface area contributed by atoms with Crippen LogP contribution in [0.25, 0.3) is 0 Å². The first-order chi connectivity index (χ1) is 10.1. The summed E-state index contributed by atoms with van der Waals surface area (Å²) in [4.78, 5) is 23.6. The van der Waals surface area contributed by atoms with Crippen molar-refractivity contribution >= 4 is 11.9 Å². The molecule has 0 heterocycles. The van der Waals surface area contributed by atoms with Crippen molar-refractivity contribution in [3.8, 4) is 0 Å². The molecule has 0 aliphatic heterocycles. The number of methoxy groups -OCH3 is 1. The number of ether oxygens (including phenoxy) is 1. The number of carboxylic acids is 1. The van der Waals surface area contributed by atoms with E-state index in [9.17, 15) is 14.7 Å². The van der Waals surface area contributed by atoms with Gasteiger partial charge in [0.1, 0.15) is 5.54 Å². The van der Waals surface area contributed by atoms with Crippen LogP contribution < -0.4 is 5.32 Å². The van der Waals surface area contributed by atoms with Crippen LogP contribution in [0.4, 0.5) is 0 Å². The zero-order chi connectivity index (χ0) is 15.3. The average Bonchev–Trinajstić information content (AvgIpc) is 2.89. The molecule has 2 rings (SSSR count). The molecule has 5 nitrogen and oxygen atoms in total. The summed E-state index contributed by atoms with van der Waals surface area (Å²) in [6.45, 7) is 0.495. The molecule has 1 aromatic carbocycles. The van der Waals surface area contributed by atoms with E-state index < -0.39 is 11.5 Å². The first kappa shape index (κ1) is 15.5. The van der Waals surface area contributed by atoms with Crippen LogP contribution in [0.3, 0.4) is 0 Å². The van der Waals surface area contributed by atoms with Gasteiger partial charge >= 0.3 is 5.97 Å². The Morgan fingerprint density at radius 2 is 1.95 bits per heavy atom. The van der Waals surface area contributed by atoms with Crippen LogP contribution in [0.5, 0.6) is 0 Å². The van der Waals surface area contributed by atoms with Crippen molar-refractivity contribution in [3.05, 3.63) is 35.4 Å². The number of carbonyl (C=O) groups is 2. The van der Waals surface area contributed by atoms with Crippen LogP contribution in [0.2, 0.25) is 0 Å². The number of benzene rings is 1. The maximum absolute atomic E-state index is 12.1. The minimum atomic E-state index is -1.07. The van der Waals surface area contributed by atoms with Gasteiger partial charge in [0, 0.05) is 7.11 Å². The molecule has 0 aromatic heterocycles. The van der Waals surface area contributed by atoms with Crippen LogP contribution in [0.1, 0.15) is 36.8 Å². The molecule has 2 N–H and O–H groups in total. The largest absolute Gasteiger partial charge is 0.480 e. The molecule has 1 aromatic rings. The Labute approximate surface area is 124 Å². The highest BCUT2D eigenvalue weighted by molar-refractivity contribution is 5.88. The Bertz CT molecular complexity index is 521. The van der Waals surface area contributed by atoms with Gasteiger partial charge in [0.25, 0.3) is 0 Å². The van der Waals surface area contributed by atoms with Gasteiger partial charge in [0.05, 0.1) is 13.0 Å². The number of hydrogen-bond donors (Lipinski definition) is 2. The maximum Gasteiger partial charge on any atom is 0.329 e. The fourth-order valence-electron chi connectivity index (χ4n) is 2.86. The van der Waals surface area contributed by atoms with Crippen LogP contribution >= 0.6 is 0 Å². The van der Waals surface area contributed by atoms with Crippen molar-refractivity contribution in [2.24, 2.45) is 0 Å². The summed E-state index contributed by atoms with van der Waals surface area (Å²) < 4.78 is 5.06. The lowest BCUT2D eigenvalue weighted by Crippen LogP contribution is -2.52. The van der Waals surface area contributed by atoms with E-state index in [-0.39, 0.29) is 12.3 Å². The minimum Gasteiger partial charge on any atom is -0.480 e. The van der Waals surface area contributed by atoms with Gasteiger partial charge in [-0.2, -0.15) is 0 Å². The first-order valence-corrected chi connectivity index (χ1v) is 7.17. The molecule has 1 aliphatic carbocycles. The van der Waals surface area contributed by atoms with E-state index >= 15 is 0 Å². The molecular formula is C16H21NO4. The smallest absolute Gasteiger partial charge is 0.329 e. The van der Waals surface area contributed by atoms with E-state index in [1.165, 1.54) is 0 Å². The van der Waals surface area contributed by atoms with Crippen molar-refractivity contribution in [3.63, 3.8) is 0 Å². The van der Waals surface area contributed by atoms with E-state index in [1.807, 2.05) is 24.3 Å². The first-order valence-electron chi connectivity index (χ1n) is 7.17. The number of carboxylic acid groups (broad SMARTS) is 1. The SMILES string of the molecule is COCc1cccc(CC(=O)NC2(C(=O)O)CCCC2)c1. The standard InChI is InChI=1S/C16H21NO4/c1-21-11-13-6-4-5-12(9-13)10-14(18)17-16(15(19)20)7-2-3-8-16/h4-6,9H,2-3,7-8,10-11H2,1H3,(H,17,18)(H,19,20). The van der Waals surface area contributed by atoms with Gasteiger partial charge < -0.3 is 15.2 Å². The summed E-state index contributed by atoms with van der Waals surface area (Å²) in [6, 6.07) is 7.58. The molecule has 0 saturated heterocycles. The van der Waals surface area contributed by atoms with Gasteiger partial charge in [0.15, 0.2) is 0 Å². The maximum atomic E-state index is 12.1. The molecule has 5 heteroatoms. The third-order valence-corrected chi connectivity index (χ3v) is 3.91. The van der Waals surface area contributed by atoms with Crippen LogP contribution in [0.15, 0.2) is 24.3 Å². The van der Waals surface area contributed by atoms with Crippen molar-refractivity contribution in [2.75, 3.05) is 7.11 Å². The molecule has 0 radical (unpaired) electrons. The van der Waals surface area contributed by atoms with Crippen LogP contribution in [0, 0.1) is 0 Å². The summed E-state index contributed by atoms with van der Waals surface area (Å²) in [5.74, 6) is -1.17. The Hall–Kier alpha value is -1.88. The molecular weight excluding hydrogens is 270 g/mol. The highest BCUT2D eigenvalue weighted by atomic mass is 16.5. The average molecular weight is 291 g/mol. The quantitative estimate of drug-likeness (QED) is 0.839. The highest BCUT2D eigenvalue weighted by Crippen LogP contribution is 2.30. The van der Waals surface area contributed by atoms with Gasteiger partial charge in [-0.1, -0.05) is 37.1 Å². The number of aliphatic carboxylic acids is 1. The summed E-state index contributed by atoms with van der Waals surface area (Å²) in [6.07, 6.45) is 2.90. The third kappa shape index (κ3) is 3.82. The molecule has 21 heavy (non-hydrogen) atoms. The second-order valence-corrected chi connectivity index (χ2v) is 5.57. The zero-order valence-electron chi connectivity index (χ0n) is 12.2. The van der Waals surface area contributed by atoms with E-state index in [1.54, 1.807) is 7.11 Å². The van der Waals surface area contributed by atoms with Gasteiger partial charge in [-0.15, -0.1) is 0 Å². The Morgan fingerprint density at radius 3 is 2.57 bits per heavy atom. The molecule has 0 bridgehead atoms. The van der Waals surface area contributed by atoms with Crippen LogP contribution in [-0.4, -0.2) is 29.6 Å². The topological polar surface area (TPSA) is 75.6 Å². The Morgan fingerprint density at radius 1 is 1.29 bits per heavy atom. The summed E-state index contributed by atoms with van der Waals surface area (Å²) in [5, 5.41) is 12.1. The predicted octanol–water partition coefficient (Wildman–Crippen LogP) is 1.89. The summed E-state index contributed by atoms with van der Waals surface area (Å²) in [7, 11) is 1.62. The fourth-order valence-corrected chi connectivity index (χ4v) is 2.86. The molecule has 114 valence electrons. The molecule has 0 unspecified atom stereocenters.